The Morgan fingerprint density at radius 2 is 2.29 bits per heavy atom. The van der Waals surface area contributed by atoms with Gasteiger partial charge < -0.3 is 14.8 Å². The van der Waals surface area contributed by atoms with Crippen molar-refractivity contribution in [2.45, 2.75) is 20.0 Å². The van der Waals surface area contributed by atoms with E-state index in [1.165, 1.54) is 10.8 Å². The van der Waals surface area contributed by atoms with Crippen molar-refractivity contribution in [1.29, 1.82) is 0 Å². The van der Waals surface area contributed by atoms with Gasteiger partial charge in [0.1, 0.15) is 5.56 Å². The molecule has 0 radical (unpaired) electrons. The average molecular weight is 237 g/mol. The highest BCUT2D eigenvalue weighted by atomic mass is 16.5. The SMILES string of the molecule is CCn1cc(-c2noc(CN)n2)c(=O)[nH]c1=O. The molecule has 0 aliphatic rings. The monoisotopic (exact) mass is 237 g/mol. The van der Waals surface area contributed by atoms with Crippen LogP contribution in [0.15, 0.2) is 20.3 Å². The molecule has 0 bridgehead atoms. The number of rotatable bonds is 3. The van der Waals surface area contributed by atoms with E-state index in [1.54, 1.807) is 6.92 Å². The third-order valence-corrected chi connectivity index (χ3v) is 2.24. The highest BCUT2D eigenvalue weighted by molar-refractivity contribution is 5.50. The molecule has 2 aromatic heterocycles. The molecule has 0 atom stereocenters. The van der Waals surface area contributed by atoms with Crippen molar-refractivity contribution in [3.63, 3.8) is 0 Å². The lowest BCUT2D eigenvalue weighted by Crippen LogP contribution is -2.30. The number of hydrogen-bond acceptors (Lipinski definition) is 6. The molecule has 0 saturated heterocycles. The Bertz CT molecular complexity index is 639. The zero-order chi connectivity index (χ0) is 12.4. The molecule has 90 valence electrons. The molecule has 2 rings (SSSR count). The Hall–Kier alpha value is -2.22. The van der Waals surface area contributed by atoms with Crippen LogP contribution in [0.2, 0.25) is 0 Å². The van der Waals surface area contributed by atoms with Crippen molar-refractivity contribution in [2.75, 3.05) is 0 Å². The number of nitrogens with one attached hydrogen (secondary N) is 1. The molecule has 0 amide bonds. The van der Waals surface area contributed by atoms with Crippen molar-refractivity contribution in [2.24, 2.45) is 5.73 Å². The standard InChI is InChI=1S/C9H11N5O3/c1-2-14-4-5(8(15)12-9(14)16)7-11-6(3-10)17-13-7/h4H,2-3,10H2,1H3,(H,12,15,16). The van der Waals surface area contributed by atoms with Crippen LogP contribution in [0.5, 0.6) is 0 Å². The summed E-state index contributed by atoms with van der Waals surface area (Å²) in [5.74, 6) is 0.350. The lowest BCUT2D eigenvalue weighted by molar-refractivity contribution is 0.380. The molecule has 0 aliphatic carbocycles. The molecule has 8 nitrogen and oxygen atoms in total. The Kier molecular flexibility index (Phi) is 2.88. The summed E-state index contributed by atoms with van der Waals surface area (Å²) in [6, 6.07) is 0. The molecule has 0 aliphatic heterocycles. The first kappa shape index (κ1) is 11.3. The van der Waals surface area contributed by atoms with Crippen LogP contribution in [0.4, 0.5) is 0 Å². The van der Waals surface area contributed by atoms with Gasteiger partial charge >= 0.3 is 5.69 Å². The molecule has 17 heavy (non-hydrogen) atoms. The second-order valence-corrected chi connectivity index (χ2v) is 3.30. The third-order valence-electron chi connectivity index (χ3n) is 2.24. The lowest BCUT2D eigenvalue weighted by atomic mass is 10.3. The number of nitrogens with two attached hydrogens (primary N) is 1. The van der Waals surface area contributed by atoms with Gasteiger partial charge in [-0.25, -0.2) is 4.79 Å². The van der Waals surface area contributed by atoms with Crippen LogP contribution < -0.4 is 17.0 Å². The minimum atomic E-state index is -0.552. The molecule has 0 fully saturated rings. The number of nitrogens with zero attached hydrogens (tertiary/aromatic N) is 3. The minimum Gasteiger partial charge on any atom is -0.338 e. The van der Waals surface area contributed by atoms with Gasteiger partial charge in [0.15, 0.2) is 0 Å². The van der Waals surface area contributed by atoms with E-state index in [1.807, 2.05) is 0 Å². The zero-order valence-corrected chi connectivity index (χ0v) is 9.14. The molecule has 3 N–H and O–H groups in total. The molecule has 0 saturated carbocycles. The number of hydrogen-bond donors (Lipinski definition) is 2. The maximum Gasteiger partial charge on any atom is 0.328 e. The number of aromatic amines is 1. The first-order valence-electron chi connectivity index (χ1n) is 5.02. The topological polar surface area (TPSA) is 120 Å². The van der Waals surface area contributed by atoms with Gasteiger partial charge in [-0.05, 0) is 6.92 Å². The third kappa shape index (κ3) is 2.02. The molecular formula is C9H11N5O3. The van der Waals surface area contributed by atoms with Gasteiger partial charge in [0.25, 0.3) is 5.56 Å². The Morgan fingerprint density at radius 1 is 1.53 bits per heavy atom. The Labute approximate surface area is 95.1 Å². The zero-order valence-electron chi connectivity index (χ0n) is 9.14. The average Bonchev–Trinajstić information content (AvgIpc) is 2.78. The summed E-state index contributed by atoms with van der Waals surface area (Å²) in [5.41, 5.74) is 4.48. The summed E-state index contributed by atoms with van der Waals surface area (Å²) < 4.78 is 6.14. The summed E-state index contributed by atoms with van der Waals surface area (Å²) in [6.07, 6.45) is 1.40. The van der Waals surface area contributed by atoms with E-state index in [0.29, 0.717) is 6.54 Å². The summed E-state index contributed by atoms with van der Waals surface area (Å²) in [4.78, 5) is 29.0. The van der Waals surface area contributed by atoms with E-state index in [4.69, 9.17) is 10.3 Å². The van der Waals surface area contributed by atoms with Gasteiger partial charge in [0.2, 0.25) is 11.7 Å². The van der Waals surface area contributed by atoms with E-state index in [0.717, 1.165) is 0 Å². The summed E-state index contributed by atoms with van der Waals surface area (Å²) in [6.45, 7) is 2.31. The molecule has 0 aromatic carbocycles. The normalized spacial score (nSPS) is 10.7. The molecule has 8 heteroatoms. The first-order chi connectivity index (χ1) is 8.15. The quantitative estimate of drug-likeness (QED) is 0.711. The second kappa shape index (κ2) is 4.34. The van der Waals surface area contributed by atoms with Gasteiger partial charge in [-0.3, -0.25) is 9.78 Å². The van der Waals surface area contributed by atoms with Crippen molar-refractivity contribution >= 4 is 0 Å². The predicted octanol–water partition coefficient (Wildman–Crippen LogP) is -0.935. The van der Waals surface area contributed by atoms with Crippen LogP contribution in [0.25, 0.3) is 11.4 Å². The van der Waals surface area contributed by atoms with Crippen molar-refractivity contribution < 1.29 is 4.52 Å². The van der Waals surface area contributed by atoms with Crippen LogP contribution in [0, 0.1) is 0 Å². The smallest absolute Gasteiger partial charge is 0.328 e. The molecule has 0 unspecified atom stereocenters. The van der Waals surface area contributed by atoms with Gasteiger partial charge in [0, 0.05) is 12.7 Å². The van der Waals surface area contributed by atoms with Crippen molar-refractivity contribution in [1.82, 2.24) is 19.7 Å². The summed E-state index contributed by atoms with van der Waals surface area (Å²) >= 11 is 0. The molecular weight excluding hydrogens is 226 g/mol. The predicted molar refractivity (Wildman–Crippen MR) is 58.2 cm³/mol. The minimum absolute atomic E-state index is 0.0956. The number of aryl methyl sites for hydroxylation is 1. The molecule has 2 aromatic rings. The van der Waals surface area contributed by atoms with Crippen LogP contribution in [-0.4, -0.2) is 19.7 Å². The van der Waals surface area contributed by atoms with Crippen molar-refractivity contribution in [3.05, 3.63) is 32.9 Å². The van der Waals surface area contributed by atoms with Crippen LogP contribution in [0.3, 0.4) is 0 Å². The molecule has 0 spiro atoms. The van der Waals surface area contributed by atoms with Crippen LogP contribution in [-0.2, 0) is 13.1 Å². The largest absolute Gasteiger partial charge is 0.338 e. The van der Waals surface area contributed by atoms with Gasteiger partial charge in [-0.15, -0.1) is 0 Å². The van der Waals surface area contributed by atoms with Gasteiger partial charge in [0.05, 0.1) is 6.54 Å². The first-order valence-corrected chi connectivity index (χ1v) is 5.02. The molecule has 2 heterocycles. The number of aromatic nitrogens is 4. The number of H-pyrrole nitrogens is 1. The fraction of sp³-hybridized carbons (Fsp3) is 0.333. The van der Waals surface area contributed by atoms with E-state index in [9.17, 15) is 9.59 Å². The summed E-state index contributed by atoms with van der Waals surface area (Å²) in [5, 5.41) is 3.62. The second-order valence-electron chi connectivity index (χ2n) is 3.30. The van der Waals surface area contributed by atoms with E-state index < -0.39 is 11.2 Å². The van der Waals surface area contributed by atoms with E-state index >= 15 is 0 Å². The highest BCUT2D eigenvalue weighted by Gasteiger charge is 2.12. The summed E-state index contributed by atoms with van der Waals surface area (Å²) in [7, 11) is 0. The van der Waals surface area contributed by atoms with E-state index in [2.05, 4.69) is 15.1 Å². The van der Waals surface area contributed by atoms with Gasteiger partial charge in [-0.1, -0.05) is 5.16 Å². The van der Waals surface area contributed by atoms with E-state index in [-0.39, 0.29) is 23.8 Å². The van der Waals surface area contributed by atoms with Crippen LogP contribution in [0.1, 0.15) is 12.8 Å². The van der Waals surface area contributed by atoms with Crippen LogP contribution >= 0.6 is 0 Å². The Balaban J connectivity index is 2.58. The highest BCUT2D eigenvalue weighted by Crippen LogP contribution is 2.08. The maximum atomic E-state index is 11.6. The fourth-order valence-electron chi connectivity index (χ4n) is 1.35. The Morgan fingerprint density at radius 3 is 2.88 bits per heavy atom. The fourth-order valence-corrected chi connectivity index (χ4v) is 1.35. The lowest BCUT2D eigenvalue weighted by Gasteiger charge is -2.01. The van der Waals surface area contributed by atoms with Crippen molar-refractivity contribution in [3.8, 4) is 11.4 Å². The maximum absolute atomic E-state index is 11.6. The van der Waals surface area contributed by atoms with Gasteiger partial charge in [-0.2, -0.15) is 4.98 Å².